The van der Waals surface area contributed by atoms with Crippen molar-refractivity contribution in [2.24, 2.45) is 0 Å². The minimum Gasteiger partial charge on any atom is -0.261 e. The molecule has 28 heavy (non-hydrogen) atoms. The van der Waals surface area contributed by atoms with Gasteiger partial charge in [-0.3, -0.25) is 9.97 Å². The third-order valence-corrected chi connectivity index (χ3v) is 5.57. The van der Waals surface area contributed by atoms with Crippen LogP contribution in [-0.2, 0) is 0 Å². The van der Waals surface area contributed by atoms with Crippen LogP contribution in [0.4, 0.5) is 0 Å². The second kappa shape index (κ2) is 8.86. The Hall–Kier alpha value is -2.90. The number of nitriles is 1. The molecule has 0 aliphatic heterocycles. The number of nitrogens with zero attached hydrogens (tertiary/aromatic N) is 3. The number of allylic oxidation sites excluding steroid dienone is 2. The predicted octanol–water partition coefficient (Wildman–Crippen LogP) is 6.05. The SMILES string of the molecule is CSc1ccc(/C(=C(\C#N)c2cc(C)cnc2C)C(C)c2ccccc2)nc1. The van der Waals surface area contributed by atoms with Crippen molar-refractivity contribution in [3.63, 3.8) is 0 Å². The Morgan fingerprint density at radius 1 is 1.04 bits per heavy atom. The quantitative estimate of drug-likeness (QED) is 0.396. The van der Waals surface area contributed by atoms with E-state index in [1.165, 1.54) is 0 Å². The van der Waals surface area contributed by atoms with Gasteiger partial charge in [-0.1, -0.05) is 37.3 Å². The van der Waals surface area contributed by atoms with Crippen LogP contribution < -0.4 is 0 Å². The molecule has 0 N–H and O–H groups in total. The third kappa shape index (κ3) is 4.16. The number of benzene rings is 1. The summed E-state index contributed by atoms with van der Waals surface area (Å²) in [5, 5.41) is 10.2. The van der Waals surface area contributed by atoms with Gasteiger partial charge in [-0.2, -0.15) is 5.26 Å². The van der Waals surface area contributed by atoms with Crippen molar-refractivity contribution in [3.8, 4) is 6.07 Å². The maximum Gasteiger partial charge on any atom is 0.100 e. The standard InChI is InChI=1S/C24H23N3S/c1-16-12-21(18(3)26-14-16)22(13-25)24(17(2)19-8-6-5-7-9-19)23-11-10-20(28-4)15-27-23/h5-12,14-15,17H,1-4H3/b24-22+. The van der Waals surface area contributed by atoms with Gasteiger partial charge in [-0.25, -0.2) is 0 Å². The number of aromatic nitrogens is 2. The molecular formula is C24H23N3S. The number of hydrogen-bond acceptors (Lipinski definition) is 4. The number of pyridine rings is 2. The predicted molar refractivity (Wildman–Crippen MR) is 117 cm³/mol. The van der Waals surface area contributed by atoms with Crippen molar-refractivity contribution in [1.29, 1.82) is 5.26 Å². The Balaban J connectivity index is 2.28. The molecule has 3 nitrogen and oxygen atoms in total. The first-order valence-electron chi connectivity index (χ1n) is 9.18. The summed E-state index contributed by atoms with van der Waals surface area (Å²) in [5.74, 6) is 0.0170. The van der Waals surface area contributed by atoms with E-state index in [9.17, 15) is 5.26 Å². The molecule has 0 saturated heterocycles. The van der Waals surface area contributed by atoms with Gasteiger partial charge in [0.25, 0.3) is 0 Å². The fraction of sp³-hybridized carbons (Fsp3) is 0.208. The van der Waals surface area contributed by atoms with Gasteiger partial charge < -0.3 is 0 Å². The normalized spacial score (nSPS) is 12.8. The Labute approximate surface area is 171 Å². The zero-order valence-electron chi connectivity index (χ0n) is 16.6. The number of aryl methyl sites for hydroxylation is 2. The van der Waals surface area contributed by atoms with Crippen LogP contribution in [0, 0.1) is 25.2 Å². The van der Waals surface area contributed by atoms with Gasteiger partial charge in [0.2, 0.25) is 0 Å². The van der Waals surface area contributed by atoms with Crippen molar-refractivity contribution in [3.05, 3.63) is 89.0 Å². The van der Waals surface area contributed by atoms with Crippen molar-refractivity contribution in [1.82, 2.24) is 9.97 Å². The van der Waals surface area contributed by atoms with Gasteiger partial charge >= 0.3 is 0 Å². The maximum absolute atomic E-state index is 10.2. The van der Waals surface area contributed by atoms with Gasteiger partial charge in [0, 0.05) is 40.0 Å². The van der Waals surface area contributed by atoms with E-state index in [2.05, 4.69) is 36.2 Å². The summed E-state index contributed by atoms with van der Waals surface area (Å²) in [7, 11) is 0. The van der Waals surface area contributed by atoms with E-state index < -0.39 is 0 Å². The second-order valence-electron chi connectivity index (χ2n) is 6.76. The first kappa shape index (κ1) is 19.9. The first-order chi connectivity index (χ1) is 13.5. The summed E-state index contributed by atoms with van der Waals surface area (Å²) in [5.41, 5.74) is 6.29. The Bertz CT molecular complexity index is 1030. The average Bonchev–Trinajstić information content (AvgIpc) is 2.74. The summed E-state index contributed by atoms with van der Waals surface area (Å²) in [6.07, 6.45) is 5.73. The lowest BCUT2D eigenvalue weighted by Crippen LogP contribution is -2.04. The van der Waals surface area contributed by atoms with Crippen molar-refractivity contribution in [2.45, 2.75) is 31.6 Å². The lowest BCUT2D eigenvalue weighted by molar-refractivity contribution is 0.975. The molecule has 0 radical (unpaired) electrons. The van der Waals surface area contributed by atoms with Gasteiger partial charge in [0.05, 0.1) is 11.3 Å². The van der Waals surface area contributed by atoms with Gasteiger partial charge in [-0.05, 0) is 49.4 Å². The van der Waals surface area contributed by atoms with Crippen molar-refractivity contribution >= 4 is 22.9 Å². The molecule has 0 spiro atoms. The minimum atomic E-state index is 0.0170. The fourth-order valence-electron chi connectivity index (χ4n) is 3.29. The third-order valence-electron chi connectivity index (χ3n) is 4.85. The summed E-state index contributed by atoms with van der Waals surface area (Å²) in [4.78, 5) is 10.3. The summed E-state index contributed by atoms with van der Waals surface area (Å²) < 4.78 is 0. The molecule has 3 aromatic rings. The molecule has 2 heterocycles. The van der Waals surface area contributed by atoms with Crippen molar-refractivity contribution < 1.29 is 0 Å². The van der Waals surface area contributed by atoms with Crippen LogP contribution >= 0.6 is 11.8 Å². The van der Waals surface area contributed by atoms with Crippen LogP contribution in [0.5, 0.6) is 0 Å². The molecule has 0 aliphatic rings. The molecule has 1 aromatic carbocycles. The Morgan fingerprint density at radius 3 is 2.39 bits per heavy atom. The van der Waals surface area contributed by atoms with Crippen LogP contribution in [0.3, 0.4) is 0 Å². The van der Waals surface area contributed by atoms with Crippen LogP contribution in [0.1, 0.15) is 40.9 Å². The molecule has 1 unspecified atom stereocenters. The second-order valence-corrected chi connectivity index (χ2v) is 7.64. The smallest absolute Gasteiger partial charge is 0.100 e. The fourth-order valence-corrected chi connectivity index (χ4v) is 3.65. The Morgan fingerprint density at radius 2 is 1.79 bits per heavy atom. The van der Waals surface area contributed by atoms with Crippen molar-refractivity contribution in [2.75, 3.05) is 6.26 Å². The highest BCUT2D eigenvalue weighted by Crippen LogP contribution is 2.38. The largest absolute Gasteiger partial charge is 0.261 e. The molecule has 0 bridgehead atoms. The Kier molecular flexibility index (Phi) is 6.28. The van der Waals surface area contributed by atoms with E-state index in [-0.39, 0.29) is 5.92 Å². The van der Waals surface area contributed by atoms with E-state index in [4.69, 9.17) is 4.98 Å². The number of hydrogen-bond donors (Lipinski definition) is 0. The highest BCUT2D eigenvalue weighted by Gasteiger charge is 2.22. The topological polar surface area (TPSA) is 49.6 Å². The lowest BCUT2D eigenvalue weighted by atomic mass is 9.84. The van der Waals surface area contributed by atoms with E-state index in [1.807, 2.05) is 62.8 Å². The molecular weight excluding hydrogens is 362 g/mol. The summed E-state index contributed by atoms with van der Waals surface area (Å²) in [6.45, 7) is 6.07. The van der Waals surface area contributed by atoms with E-state index in [0.717, 1.165) is 38.5 Å². The highest BCUT2D eigenvalue weighted by molar-refractivity contribution is 7.98. The van der Waals surface area contributed by atoms with E-state index >= 15 is 0 Å². The van der Waals surface area contributed by atoms with Crippen LogP contribution in [0.15, 0.2) is 65.8 Å². The molecule has 1 atom stereocenters. The minimum absolute atomic E-state index is 0.0170. The zero-order valence-corrected chi connectivity index (χ0v) is 17.4. The number of rotatable bonds is 5. The van der Waals surface area contributed by atoms with Gasteiger partial charge in [0.15, 0.2) is 0 Å². The molecule has 3 rings (SSSR count). The molecule has 0 saturated carbocycles. The average molecular weight is 386 g/mol. The zero-order chi connectivity index (χ0) is 20.1. The van der Waals surface area contributed by atoms with Crippen LogP contribution in [-0.4, -0.2) is 16.2 Å². The molecule has 0 amide bonds. The molecule has 4 heteroatoms. The van der Waals surface area contributed by atoms with E-state index in [1.54, 1.807) is 11.8 Å². The molecule has 2 aromatic heterocycles. The lowest BCUT2D eigenvalue weighted by Gasteiger charge is -2.20. The van der Waals surface area contributed by atoms with Crippen LogP contribution in [0.2, 0.25) is 0 Å². The molecule has 0 aliphatic carbocycles. The van der Waals surface area contributed by atoms with Crippen LogP contribution in [0.25, 0.3) is 11.1 Å². The van der Waals surface area contributed by atoms with Gasteiger partial charge in [-0.15, -0.1) is 11.8 Å². The molecule has 140 valence electrons. The maximum atomic E-state index is 10.2. The molecule has 0 fully saturated rings. The number of thioether (sulfide) groups is 1. The van der Waals surface area contributed by atoms with Gasteiger partial charge in [0.1, 0.15) is 6.07 Å². The monoisotopic (exact) mass is 385 g/mol. The van der Waals surface area contributed by atoms with E-state index in [0.29, 0.717) is 5.57 Å². The highest BCUT2D eigenvalue weighted by atomic mass is 32.2. The summed E-state index contributed by atoms with van der Waals surface area (Å²) in [6, 6.07) is 18.8. The first-order valence-corrected chi connectivity index (χ1v) is 10.4. The summed E-state index contributed by atoms with van der Waals surface area (Å²) >= 11 is 1.66.